The van der Waals surface area contributed by atoms with E-state index in [1.54, 1.807) is 0 Å². The topological polar surface area (TPSA) is 55.1 Å². The Morgan fingerprint density at radius 3 is 2.50 bits per heavy atom. The van der Waals surface area contributed by atoms with Gasteiger partial charge in [-0.25, -0.2) is 0 Å². The number of hydrogen-bond acceptors (Lipinski definition) is 2. The third-order valence-corrected chi connectivity index (χ3v) is 2.33. The molecule has 0 radical (unpaired) electrons. The number of carbonyl (C=O) groups is 1. The number of benzene rings is 1. The van der Waals surface area contributed by atoms with Crippen LogP contribution in [0.4, 0.5) is 0 Å². The molecule has 3 heteroatoms. The molecule has 3 N–H and O–H groups in total. The van der Waals surface area contributed by atoms with E-state index in [0.717, 1.165) is 16.7 Å². The van der Waals surface area contributed by atoms with E-state index >= 15 is 0 Å². The Hall–Kier alpha value is -1.35. The summed E-state index contributed by atoms with van der Waals surface area (Å²) >= 11 is 0. The van der Waals surface area contributed by atoms with E-state index in [0.29, 0.717) is 6.54 Å². The first-order chi connectivity index (χ1) is 7.29. The molecule has 0 saturated carbocycles. The summed E-state index contributed by atoms with van der Waals surface area (Å²) in [5, 5.41) is 2.84. The van der Waals surface area contributed by atoms with Gasteiger partial charge in [0.05, 0.1) is 0 Å². The summed E-state index contributed by atoms with van der Waals surface area (Å²) in [5.41, 5.74) is 8.30. The molecule has 1 aromatic rings. The van der Waals surface area contributed by atoms with Gasteiger partial charge >= 0.3 is 0 Å². The summed E-state index contributed by atoms with van der Waals surface area (Å²) in [6.07, 6.45) is 0. The highest BCUT2D eigenvalue weighted by Gasteiger charge is 2.14. The highest BCUT2D eigenvalue weighted by molar-refractivity contribution is 5.95. The first-order valence-corrected chi connectivity index (χ1v) is 5.44. The fourth-order valence-electron chi connectivity index (χ4n) is 1.47. The molecule has 0 saturated heterocycles. The molecule has 0 unspecified atom stereocenters. The van der Waals surface area contributed by atoms with E-state index in [9.17, 15) is 4.79 Å². The van der Waals surface area contributed by atoms with Crippen LogP contribution in [0.2, 0.25) is 0 Å². The van der Waals surface area contributed by atoms with E-state index < -0.39 is 0 Å². The quantitative estimate of drug-likeness (QED) is 0.815. The van der Waals surface area contributed by atoms with Gasteiger partial charge < -0.3 is 11.1 Å². The normalized spacial score (nSPS) is 11.3. The molecule has 0 aliphatic heterocycles. The number of nitrogens with one attached hydrogen (secondary N) is 1. The van der Waals surface area contributed by atoms with Crippen LogP contribution < -0.4 is 11.1 Å². The lowest BCUT2D eigenvalue weighted by atomic mass is 10.0. The van der Waals surface area contributed by atoms with Crippen molar-refractivity contribution < 1.29 is 4.79 Å². The molecule has 0 heterocycles. The zero-order valence-corrected chi connectivity index (χ0v) is 10.4. The van der Waals surface area contributed by atoms with E-state index in [4.69, 9.17) is 5.73 Å². The Morgan fingerprint density at radius 1 is 1.38 bits per heavy atom. The van der Waals surface area contributed by atoms with Crippen molar-refractivity contribution in [3.63, 3.8) is 0 Å². The van der Waals surface area contributed by atoms with Gasteiger partial charge in [-0.15, -0.1) is 0 Å². The maximum Gasteiger partial charge on any atom is 0.251 e. The number of nitrogens with two attached hydrogens (primary N) is 1. The van der Waals surface area contributed by atoms with Crippen LogP contribution in [-0.4, -0.2) is 18.0 Å². The Balaban J connectivity index is 2.74. The number of hydrogen-bond donors (Lipinski definition) is 2. The molecule has 0 aliphatic carbocycles. The summed E-state index contributed by atoms with van der Waals surface area (Å²) in [5.74, 6) is -0.0592. The lowest BCUT2D eigenvalue weighted by Gasteiger charge is -2.19. The minimum atomic E-state index is -0.381. The van der Waals surface area contributed by atoms with E-state index in [1.165, 1.54) is 0 Å². The molecule has 1 amide bonds. The zero-order valence-electron chi connectivity index (χ0n) is 10.4. The van der Waals surface area contributed by atoms with Crippen molar-refractivity contribution in [3.05, 3.63) is 34.9 Å². The summed E-state index contributed by atoms with van der Waals surface area (Å²) in [7, 11) is 0. The van der Waals surface area contributed by atoms with Crippen molar-refractivity contribution in [1.29, 1.82) is 0 Å². The molecular formula is C13H20N2O. The molecular weight excluding hydrogens is 200 g/mol. The minimum Gasteiger partial charge on any atom is -0.350 e. The van der Waals surface area contributed by atoms with Gasteiger partial charge in [0, 0.05) is 17.6 Å². The Labute approximate surface area is 97.0 Å². The van der Waals surface area contributed by atoms with Crippen LogP contribution in [0.3, 0.4) is 0 Å². The highest BCUT2D eigenvalue weighted by Crippen LogP contribution is 2.10. The van der Waals surface area contributed by atoms with E-state index in [-0.39, 0.29) is 11.4 Å². The molecule has 0 spiro atoms. The van der Waals surface area contributed by atoms with Crippen molar-refractivity contribution in [2.24, 2.45) is 5.73 Å². The van der Waals surface area contributed by atoms with E-state index in [1.807, 2.05) is 45.9 Å². The summed E-state index contributed by atoms with van der Waals surface area (Å²) in [4.78, 5) is 11.9. The smallest absolute Gasteiger partial charge is 0.251 e. The molecule has 0 bridgehead atoms. The SMILES string of the molecule is Cc1ccc(C(=O)NCC(C)(C)N)c(C)c1. The molecule has 0 atom stereocenters. The predicted molar refractivity (Wildman–Crippen MR) is 66.5 cm³/mol. The van der Waals surface area contributed by atoms with Crippen molar-refractivity contribution in [1.82, 2.24) is 5.32 Å². The van der Waals surface area contributed by atoms with Crippen molar-refractivity contribution in [3.8, 4) is 0 Å². The third kappa shape index (κ3) is 3.66. The molecule has 3 nitrogen and oxygen atoms in total. The van der Waals surface area contributed by atoms with Crippen molar-refractivity contribution in [2.45, 2.75) is 33.2 Å². The van der Waals surface area contributed by atoms with Gasteiger partial charge in [-0.05, 0) is 39.3 Å². The highest BCUT2D eigenvalue weighted by atomic mass is 16.1. The first-order valence-electron chi connectivity index (χ1n) is 5.44. The van der Waals surface area contributed by atoms with Crippen molar-refractivity contribution >= 4 is 5.91 Å². The Morgan fingerprint density at radius 2 is 2.00 bits per heavy atom. The Bertz CT molecular complexity index is 391. The predicted octanol–water partition coefficient (Wildman–Crippen LogP) is 1.77. The maximum absolute atomic E-state index is 11.9. The summed E-state index contributed by atoms with van der Waals surface area (Å²) < 4.78 is 0. The monoisotopic (exact) mass is 220 g/mol. The summed E-state index contributed by atoms with van der Waals surface area (Å²) in [6.45, 7) is 8.19. The minimum absolute atomic E-state index is 0.0592. The average Bonchev–Trinajstić information content (AvgIpc) is 2.13. The molecule has 16 heavy (non-hydrogen) atoms. The molecule has 1 rings (SSSR count). The second-order valence-electron chi connectivity index (χ2n) is 4.99. The van der Waals surface area contributed by atoms with Gasteiger partial charge in [0.25, 0.3) is 5.91 Å². The molecule has 1 aromatic carbocycles. The van der Waals surface area contributed by atoms with Crippen LogP contribution in [-0.2, 0) is 0 Å². The van der Waals surface area contributed by atoms with E-state index in [2.05, 4.69) is 5.32 Å². The van der Waals surface area contributed by atoms with Crippen LogP contribution in [0.15, 0.2) is 18.2 Å². The van der Waals surface area contributed by atoms with Gasteiger partial charge in [-0.3, -0.25) is 4.79 Å². The maximum atomic E-state index is 11.9. The Kier molecular flexibility index (Phi) is 3.70. The number of carbonyl (C=O) groups excluding carboxylic acids is 1. The van der Waals surface area contributed by atoms with Crippen LogP contribution in [0.1, 0.15) is 35.3 Å². The molecule has 0 aliphatic rings. The van der Waals surface area contributed by atoms with Crippen LogP contribution in [0.5, 0.6) is 0 Å². The van der Waals surface area contributed by atoms with Gasteiger partial charge in [0.1, 0.15) is 0 Å². The third-order valence-electron chi connectivity index (χ3n) is 2.33. The average molecular weight is 220 g/mol. The lowest BCUT2D eigenvalue weighted by molar-refractivity contribution is 0.0945. The van der Waals surface area contributed by atoms with Gasteiger partial charge in [-0.1, -0.05) is 17.7 Å². The fraction of sp³-hybridized carbons (Fsp3) is 0.462. The zero-order chi connectivity index (χ0) is 12.3. The summed E-state index contributed by atoms with van der Waals surface area (Å²) in [6, 6.07) is 5.79. The van der Waals surface area contributed by atoms with Crippen LogP contribution >= 0.6 is 0 Å². The van der Waals surface area contributed by atoms with Crippen LogP contribution in [0.25, 0.3) is 0 Å². The second kappa shape index (κ2) is 4.66. The largest absolute Gasteiger partial charge is 0.350 e. The molecule has 0 fully saturated rings. The van der Waals surface area contributed by atoms with Gasteiger partial charge in [0.2, 0.25) is 0 Å². The fourth-order valence-corrected chi connectivity index (χ4v) is 1.47. The van der Waals surface area contributed by atoms with Gasteiger partial charge in [0.15, 0.2) is 0 Å². The number of amides is 1. The molecule has 88 valence electrons. The lowest BCUT2D eigenvalue weighted by Crippen LogP contribution is -2.45. The first kappa shape index (κ1) is 12.7. The van der Waals surface area contributed by atoms with Gasteiger partial charge in [-0.2, -0.15) is 0 Å². The molecule has 0 aromatic heterocycles. The number of rotatable bonds is 3. The van der Waals surface area contributed by atoms with Crippen LogP contribution in [0, 0.1) is 13.8 Å². The number of aryl methyl sites for hydroxylation is 2. The standard InChI is InChI=1S/C13H20N2O/c1-9-5-6-11(10(2)7-9)12(16)15-8-13(3,4)14/h5-7H,8,14H2,1-4H3,(H,15,16). The second-order valence-corrected chi connectivity index (χ2v) is 4.99. The van der Waals surface area contributed by atoms with Crippen molar-refractivity contribution in [2.75, 3.05) is 6.54 Å².